The van der Waals surface area contributed by atoms with Gasteiger partial charge in [0.25, 0.3) is 5.91 Å². The molecule has 1 aliphatic heterocycles. The fraction of sp³-hybridized carbons (Fsp3) is 0.250. The Hall–Kier alpha value is -3.29. The van der Waals surface area contributed by atoms with E-state index in [0.29, 0.717) is 11.3 Å². The number of hydrogen-bond donors (Lipinski definition) is 0. The third kappa shape index (κ3) is 2.81. The summed E-state index contributed by atoms with van der Waals surface area (Å²) in [6.45, 7) is 4.05. The number of aromatic nitrogens is 3. The van der Waals surface area contributed by atoms with Crippen molar-refractivity contribution in [3.8, 4) is 16.9 Å². The molecule has 144 valence electrons. The van der Waals surface area contributed by atoms with Gasteiger partial charge in [0.05, 0.1) is 25.0 Å². The summed E-state index contributed by atoms with van der Waals surface area (Å²) in [5.74, 6) is -2.74. The molecule has 1 amide bonds. The average molecular weight is 384 g/mol. The van der Waals surface area contributed by atoms with Gasteiger partial charge in [0.1, 0.15) is 5.69 Å². The number of ether oxygens (including phenoxy) is 1. The highest BCUT2D eigenvalue weighted by Crippen LogP contribution is 2.35. The summed E-state index contributed by atoms with van der Waals surface area (Å²) in [4.78, 5) is 18.9. The fourth-order valence-corrected chi connectivity index (χ4v) is 3.46. The van der Waals surface area contributed by atoms with E-state index in [1.54, 1.807) is 17.1 Å². The summed E-state index contributed by atoms with van der Waals surface area (Å²) in [7, 11) is 1.25. The zero-order valence-electron chi connectivity index (χ0n) is 15.6. The van der Waals surface area contributed by atoms with Crippen molar-refractivity contribution < 1.29 is 18.3 Å². The first-order valence-corrected chi connectivity index (χ1v) is 8.76. The monoisotopic (exact) mass is 384 g/mol. The Labute approximate surface area is 160 Å². The van der Waals surface area contributed by atoms with Crippen LogP contribution in [0.3, 0.4) is 0 Å². The lowest BCUT2D eigenvalue weighted by atomic mass is 10.0. The van der Waals surface area contributed by atoms with E-state index in [1.165, 1.54) is 18.1 Å². The number of fused-ring (bicyclic) bond motifs is 1. The molecule has 2 aromatic heterocycles. The molecule has 3 heterocycles. The van der Waals surface area contributed by atoms with Crippen molar-refractivity contribution in [2.75, 3.05) is 18.6 Å². The van der Waals surface area contributed by atoms with Crippen molar-refractivity contribution in [3.63, 3.8) is 0 Å². The molecule has 0 bridgehead atoms. The number of anilines is 1. The molecule has 3 aromatic rings. The van der Waals surface area contributed by atoms with Crippen molar-refractivity contribution in [1.29, 1.82) is 0 Å². The van der Waals surface area contributed by atoms with Crippen LogP contribution < -0.4 is 9.64 Å². The molecule has 8 heteroatoms. The largest absolute Gasteiger partial charge is 0.493 e. The molecular weight excluding hydrogens is 366 g/mol. The number of halogens is 2. The standard InChI is InChI=1S/C20H18F2N4O2/c1-11-6-13(4-5-23-11)15-9-24-26-12(2)10-25(20(27)19(15)26)14-7-16(21)18(22)17(8-14)28-3/h4-9,12H,10H2,1-3H3/t12-/m0/s1. The van der Waals surface area contributed by atoms with Crippen LogP contribution in [-0.4, -0.2) is 34.3 Å². The Morgan fingerprint density at radius 3 is 2.75 bits per heavy atom. The molecule has 0 radical (unpaired) electrons. The van der Waals surface area contributed by atoms with E-state index in [2.05, 4.69) is 10.1 Å². The quantitative estimate of drug-likeness (QED) is 0.690. The van der Waals surface area contributed by atoms with Crippen molar-refractivity contribution in [2.24, 2.45) is 0 Å². The molecule has 0 spiro atoms. The van der Waals surface area contributed by atoms with Gasteiger partial charge in [-0.05, 0) is 31.5 Å². The van der Waals surface area contributed by atoms with Crippen LogP contribution in [0.5, 0.6) is 5.75 Å². The molecule has 1 aromatic carbocycles. The number of hydrogen-bond acceptors (Lipinski definition) is 4. The Balaban J connectivity index is 1.82. The van der Waals surface area contributed by atoms with Crippen molar-refractivity contribution in [2.45, 2.75) is 19.9 Å². The second-order valence-corrected chi connectivity index (χ2v) is 6.75. The predicted molar refractivity (Wildman–Crippen MR) is 99.5 cm³/mol. The topological polar surface area (TPSA) is 60.2 Å². The summed E-state index contributed by atoms with van der Waals surface area (Å²) < 4.78 is 34.4. The van der Waals surface area contributed by atoms with Crippen LogP contribution in [0, 0.1) is 18.6 Å². The lowest BCUT2D eigenvalue weighted by molar-refractivity contribution is 0.0954. The zero-order valence-corrected chi connectivity index (χ0v) is 15.6. The average Bonchev–Trinajstić information content (AvgIpc) is 3.13. The van der Waals surface area contributed by atoms with Crippen LogP contribution in [0.25, 0.3) is 11.1 Å². The van der Waals surface area contributed by atoms with E-state index in [1.807, 2.05) is 26.0 Å². The number of benzene rings is 1. The minimum Gasteiger partial charge on any atom is -0.493 e. The molecule has 0 N–H and O–H groups in total. The molecule has 1 aliphatic rings. The molecule has 0 fully saturated rings. The van der Waals surface area contributed by atoms with Crippen molar-refractivity contribution in [1.82, 2.24) is 14.8 Å². The van der Waals surface area contributed by atoms with Gasteiger partial charge in [-0.1, -0.05) is 0 Å². The Morgan fingerprint density at radius 2 is 2.04 bits per heavy atom. The van der Waals surface area contributed by atoms with Crippen molar-refractivity contribution in [3.05, 3.63) is 59.7 Å². The van der Waals surface area contributed by atoms with Crippen LogP contribution in [0.1, 0.15) is 29.1 Å². The number of aryl methyl sites for hydroxylation is 1. The minimum absolute atomic E-state index is 0.150. The molecule has 0 aliphatic carbocycles. The summed E-state index contributed by atoms with van der Waals surface area (Å²) in [5, 5.41) is 4.38. The summed E-state index contributed by atoms with van der Waals surface area (Å²) in [6, 6.07) is 5.86. The highest BCUT2D eigenvalue weighted by molar-refractivity contribution is 6.09. The first kappa shape index (κ1) is 18.1. The second kappa shape index (κ2) is 6.70. The van der Waals surface area contributed by atoms with Crippen LogP contribution in [0.2, 0.25) is 0 Å². The summed E-state index contributed by atoms with van der Waals surface area (Å²) in [6.07, 6.45) is 3.32. The molecule has 28 heavy (non-hydrogen) atoms. The van der Waals surface area contributed by atoms with Gasteiger partial charge >= 0.3 is 0 Å². The van der Waals surface area contributed by atoms with Crippen LogP contribution in [0.15, 0.2) is 36.7 Å². The van der Waals surface area contributed by atoms with Gasteiger partial charge in [-0.2, -0.15) is 9.49 Å². The van der Waals surface area contributed by atoms with E-state index >= 15 is 0 Å². The van der Waals surface area contributed by atoms with Crippen molar-refractivity contribution >= 4 is 11.6 Å². The maximum absolute atomic E-state index is 14.0. The lowest BCUT2D eigenvalue weighted by Crippen LogP contribution is -2.43. The maximum atomic E-state index is 14.0. The van der Waals surface area contributed by atoms with Gasteiger partial charge in [0.15, 0.2) is 11.6 Å². The molecule has 4 rings (SSSR count). The van der Waals surface area contributed by atoms with E-state index < -0.39 is 11.6 Å². The first-order chi connectivity index (χ1) is 13.4. The number of amides is 1. The summed E-state index contributed by atoms with van der Waals surface area (Å²) in [5.41, 5.74) is 2.93. The molecule has 0 saturated carbocycles. The van der Waals surface area contributed by atoms with Crippen LogP contribution in [-0.2, 0) is 0 Å². The first-order valence-electron chi connectivity index (χ1n) is 8.76. The van der Waals surface area contributed by atoms with Gasteiger partial charge in [0, 0.05) is 36.1 Å². The third-order valence-corrected chi connectivity index (χ3v) is 4.83. The molecule has 0 saturated heterocycles. The molecule has 6 nitrogen and oxygen atoms in total. The van der Waals surface area contributed by atoms with Gasteiger partial charge in [0.2, 0.25) is 5.82 Å². The fourth-order valence-electron chi connectivity index (χ4n) is 3.46. The van der Waals surface area contributed by atoms with Gasteiger partial charge in [-0.3, -0.25) is 14.5 Å². The molecule has 1 atom stereocenters. The highest BCUT2D eigenvalue weighted by Gasteiger charge is 2.34. The second-order valence-electron chi connectivity index (χ2n) is 6.75. The molecule has 0 unspecified atom stereocenters. The summed E-state index contributed by atoms with van der Waals surface area (Å²) >= 11 is 0. The number of nitrogens with zero attached hydrogens (tertiary/aromatic N) is 4. The third-order valence-electron chi connectivity index (χ3n) is 4.83. The normalized spacial score (nSPS) is 16.2. The van der Waals surface area contributed by atoms with E-state index in [9.17, 15) is 13.6 Å². The van der Waals surface area contributed by atoms with Crippen LogP contribution in [0.4, 0.5) is 14.5 Å². The predicted octanol–water partition coefficient (Wildman–Crippen LogP) is 3.76. The van der Waals surface area contributed by atoms with Gasteiger partial charge in [-0.15, -0.1) is 0 Å². The molecular formula is C20H18F2N4O2. The van der Waals surface area contributed by atoms with Gasteiger partial charge < -0.3 is 9.64 Å². The number of carbonyl (C=O) groups is 1. The number of pyridine rings is 1. The SMILES string of the molecule is COc1cc(N2C[C@H](C)n3ncc(-c4ccnc(C)c4)c3C2=O)cc(F)c1F. The van der Waals surface area contributed by atoms with E-state index in [-0.39, 0.29) is 29.9 Å². The lowest BCUT2D eigenvalue weighted by Gasteiger charge is -2.32. The maximum Gasteiger partial charge on any atom is 0.277 e. The smallest absolute Gasteiger partial charge is 0.277 e. The Morgan fingerprint density at radius 1 is 1.25 bits per heavy atom. The number of rotatable bonds is 3. The van der Waals surface area contributed by atoms with Crippen LogP contribution >= 0.6 is 0 Å². The highest BCUT2D eigenvalue weighted by atomic mass is 19.2. The minimum atomic E-state index is -1.08. The Kier molecular flexibility index (Phi) is 4.33. The van der Waals surface area contributed by atoms with Gasteiger partial charge in [-0.25, -0.2) is 4.39 Å². The number of methoxy groups -OCH3 is 1. The number of carbonyl (C=O) groups excluding carboxylic acids is 1. The van der Waals surface area contributed by atoms with E-state index in [4.69, 9.17) is 4.74 Å². The zero-order chi connectivity index (χ0) is 20.0. The Bertz CT molecular complexity index is 1080. The van der Waals surface area contributed by atoms with E-state index in [0.717, 1.165) is 17.3 Å².